The van der Waals surface area contributed by atoms with Crippen LogP contribution < -0.4 is 10.5 Å². The number of nitrogen functional groups attached to an aromatic ring is 1. The highest BCUT2D eigenvalue weighted by Crippen LogP contribution is 2.70. The second-order valence-corrected chi connectivity index (χ2v) is 15.1. The average Bonchev–Trinajstić information content (AvgIpc) is 3.19. The van der Waals surface area contributed by atoms with Gasteiger partial charge in [-0.2, -0.15) is 0 Å². The van der Waals surface area contributed by atoms with Crippen molar-refractivity contribution in [3.8, 4) is 5.75 Å². The molecular weight excluding hydrogens is 450 g/mol. The van der Waals surface area contributed by atoms with Crippen molar-refractivity contribution in [1.82, 2.24) is 0 Å². The van der Waals surface area contributed by atoms with Gasteiger partial charge in [0.15, 0.2) is 0 Å². The van der Waals surface area contributed by atoms with Gasteiger partial charge in [-0.05, 0) is 137 Å². The van der Waals surface area contributed by atoms with Crippen LogP contribution in [0.4, 0.5) is 5.69 Å². The molecule has 0 radical (unpaired) electrons. The number of nitrogens with two attached hydrogens (primary N) is 1. The molecule has 0 spiro atoms. The molecule has 0 heterocycles. The van der Waals surface area contributed by atoms with Gasteiger partial charge in [-0.3, -0.25) is 0 Å². The third kappa shape index (κ3) is 4.57. The smallest absolute Gasteiger partial charge is 0.142 e. The molecule has 206 valence electrons. The first-order valence-electron chi connectivity index (χ1n) is 15.6. The number of para-hydroxylation sites is 2. The van der Waals surface area contributed by atoms with Gasteiger partial charge in [-0.15, -0.1) is 0 Å². The first-order valence-corrected chi connectivity index (χ1v) is 15.6. The standard InChI is InChI=1S/C35H55NO/c1-23(2)11-10-12-24(3)26-16-17-27-25-15-18-31-33(4,5)32(37-30-14-9-8-13-29(30)36)20-22-35(31,7)28(25)19-21-34(26,27)6/h8-9,11,13-14,24-28,31-32H,10,12,15-22,36H2,1-7H3. The van der Waals surface area contributed by atoms with Crippen LogP contribution in [0.1, 0.15) is 113 Å². The molecule has 0 saturated heterocycles. The van der Waals surface area contributed by atoms with Gasteiger partial charge in [-0.25, -0.2) is 0 Å². The molecule has 0 amide bonds. The summed E-state index contributed by atoms with van der Waals surface area (Å²) in [5, 5.41) is 0. The lowest BCUT2D eigenvalue weighted by Gasteiger charge is -2.65. The van der Waals surface area contributed by atoms with E-state index in [-0.39, 0.29) is 11.5 Å². The first-order chi connectivity index (χ1) is 17.5. The Kier molecular flexibility index (Phi) is 7.29. The molecule has 9 atom stereocenters. The Morgan fingerprint density at radius 3 is 2.38 bits per heavy atom. The predicted octanol–water partition coefficient (Wildman–Crippen LogP) is 9.69. The van der Waals surface area contributed by atoms with Crippen LogP contribution in [-0.2, 0) is 0 Å². The molecule has 4 saturated carbocycles. The van der Waals surface area contributed by atoms with Gasteiger partial charge in [0.05, 0.1) is 5.69 Å². The van der Waals surface area contributed by atoms with Gasteiger partial charge in [0.1, 0.15) is 11.9 Å². The van der Waals surface area contributed by atoms with Gasteiger partial charge >= 0.3 is 0 Å². The second kappa shape index (κ2) is 9.95. The topological polar surface area (TPSA) is 35.2 Å². The Labute approximate surface area is 228 Å². The summed E-state index contributed by atoms with van der Waals surface area (Å²) in [6.07, 6.45) is 16.5. The van der Waals surface area contributed by atoms with Crippen LogP contribution in [-0.4, -0.2) is 6.10 Å². The predicted molar refractivity (Wildman–Crippen MR) is 157 cm³/mol. The van der Waals surface area contributed by atoms with Crippen molar-refractivity contribution < 1.29 is 4.74 Å². The summed E-state index contributed by atoms with van der Waals surface area (Å²) >= 11 is 0. The molecule has 37 heavy (non-hydrogen) atoms. The number of anilines is 1. The zero-order valence-electron chi connectivity index (χ0n) is 25.0. The Hall–Kier alpha value is -1.44. The second-order valence-electron chi connectivity index (χ2n) is 15.1. The fourth-order valence-electron chi connectivity index (χ4n) is 10.8. The van der Waals surface area contributed by atoms with E-state index < -0.39 is 0 Å². The number of allylic oxidation sites excluding steroid dienone is 2. The molecule has 4 aliphatic carbocycles. The molecule has 5 rings (SSSR count). The summed E-state index contributed by atoms with van der Waals surface area (Å²) < 4.78 is 6.68. The number of ether oxygens (including phenoxy) is 1. The molecule has 1 aromatic carbocycles. The third-order valence-corrected chi connectivity index (χ3v) is 12.7. The van der Waals surface area contributed by atoms with Crippen LogP contribution in [0.25, 0.3) is 0 Å². The minimum absolute atomic E-state index is 0.165. The van der Waals surface area contributed by atoms with Crippen LogP contribution in [0.5, 0.6) is 5.75 Å². The summed E-state index contributed by atoms with van der Waals surface area (Å²) in [4.78, 5) is 0. The molecule has 0 bridgehead atoms. The van der Waals surface area contributed by atoms with Gasteiger partial charge in [0.2, 0.25) is 0 Å². The van der Waals surface area contributed by atoms with Gasteiger partial charge < -0.3 is 10.5 Å². The maximum absolute atomic E-state index is 6.68. The highest BCUT2D eigenvalue weighted by atomic mass is 16.5. The summed E-state index contributed by atoms with van der Waals surface area (Å²) in [6, 6.07) is 8.07. The minimum atomic E-state index is 0.165. The Bertz CT molecular complexity index is 991. The van der Waals surface area contributed by atoms with E-state index in [1.54, 1.807) is 0 Å². The summed E-state index contributed by atoms with van der Waals surface area (Å²) in [5.41, 5.74) is 9.70. The van der Waals surface area contributed by atoms with Crippen molar-refractivity contribution in [1.29, 1.82) is 0 Å². The Morgan fingerprint density at radius 2 is 1.65 bits per heavy atom. The normalized spacial score (nSPS) is 41.2. The van der Waals surface area contributed by atoms with E-state index in [9.17, 15) is 0 Å². The highest BCUT2D eigenvalue weighted by molar-refractivity contribution is 5.52. The SMILES string of the molecule is CC(C)=CCCC(C)C1CCC2C3CCC4C(C)(C)C(Oc5ccccc5N)CCC4(C)C3CCC12C. The fourth-order valence-corrected chi connectivity index (χ4v) is 10.8. The lowest BCUT2D eigenvalue weighted by molar-refractivity contribution is -0.174. The zero-order valence-corrected chi connectivity index (χ0v) is 25.0. The number of hydrogen-bond acceptors (Lipinski definition) is 2. The molecule has 1 aromatic rings. The van der Waals surface area contributed by atoms with Crippen LogP contribution in [0, 0.1) is 51.8 Å². The largest absolute Gasteiger partial charge is 0.488 e. The Balaban J connectivity index is 1.32. The van der Waals surface area contributed by atoms with Crippen LogP contribution >= 0.6 is 0 Å². The van der Waals surface area contributed by atoms with Crippen molar-refractivity contribution in [3.05, 3.63) is 35.9 Å². The molecule has 2 N–H and O–H groups in total. The molecule has 0 aromatic heterocycles. The molecule has 9 unspecified atom stereocenters. The number of rotatable bonds is 6. The van der Waals surface area contributed by atoms with Crippen molar-refractivity contribution in [2.45, 2.75) is 119 Å². The van der Waals surface area contributed by atoms with E-state index in [1.165, 1.54) is 63.4 Å². The lowest BCUT2D eigenvalue weighted by atomic mass is 9.41. The first kappa shape index (κ1) is 27.1. The monoisotopic (exact) mass is 505 g/mol. The van der Waals surface area contributed by atoms with E-state index in [0.29, 0.717) is 10.8 Å². The minimum Gasteiger partial charge on any atom is -0.488 e. The maximum Gasteiger partial charge on any atom is 0.142 e. The van der Waals surface area contributed by atoms with Crippen LogP contribution in [0.2, 0.25) is 0 Å². The van der Waals surface area contributed by atoms with Gasteiger partial charge in [-0.1, -0.05) is 58.4 Å². The average molecular weight is 506 g/mol. The van der Waals surface area contributed by atoms with E-state index in [2.05, 4.69) is 60.6 Å². The van der Waals surface area contributed by atoms with Crippen LogP contribution in [0.15, 0.2) is 35.9 Å². The third-order valence-electron chi connectivity index (χ3n) is 12.7. The van der Waals surface area contributed by atoms with E-state index in [4.69, 9.17) is 10.5 Å². The van der Waals surface area contributed by atoms with Crippen molar-refractivity contribution in [3.63, 3.8) is 0 Å². The molecule has 2 heteroatoms. The molecule has 4 aliphatic rings. The van der Waals surface area contributed by atoms with Crippen LogP contribution in [0.3, 0.4) is 0 Å². The molecule has 4 fully saturated rings. The molecule has 2 nitrogen and oxygen atoms in total. The molecule has 0 aliphatic heterocycles. The summed E-state index contributed by atoms with van der Waals surface area (Å²) in [6.45, 7) is 17.5. The number of fused-ring (bicyclic) bond motifs is 5. The van der Waals surface area contributed by atoms with Crippen molar-refractivity contribution in [2.75, 3.05) is 5.73 Å². The lowest BCUT2D eigenvalue weighted by Crippen LogP contribution is -2.60. The van der Waals surface area contributed by atoms with E-state index in [0.717, 1.165) is 53.4 Å². The van der Waals surface area contributed by atoms with Gasteiger partial charge in [0, 0.05) is 5.41 Å². The quantitative estimate of drug-likeness (QED) is 0.308. The zero-order chi connectivity index (χ0) is 26.6. The Morgan fingerprint density at radius 1 is 0.946 bits per heavy atom. The van der Waals surface area contributed by atoms with Crippen molar-refractivity contribution in [2.24, 2.45) is 51.8 Å². The number of hydrogen-bond donors (Lipinski definition) is 1. The molecular formula is C35H55NO. The van der Waals surface area contributed by atoms with E-state index in [1.807, 2.05) is 18.2 Å². The fraction of sp³-hybridized carbons (Fsp3) is 0.771. The van der Waals surface area contributed by atoms with Gasteiger partial charge in [0.25, 0.3) is 0 Å². The number of benzene rings is 1. The summed E-state index contributed by atoms with van der Waals surface area (Å²) in [5.74, 6) is 6.16. The van der Waals surface area contributed by atoms with E-state index >= 15 is 0 Å². The highest BCUT2D eigenvalue weighted by Gasteiger charge is 2.63. The van der Waals surface area contributed by atoms with Crippen molar-refractivity contribution >= 4 is 5.69 Å². The summed E-state index contributed by atoms with van der Waals surface area (Å²) in [7, 11) is 0. The maximum atomic E-state index is 6.68.